The van der Waals surface area contributed by atoms with E-state index in [1.54, 1.807) is 7.11 Å². The maximum atomic E-state index is 11.9. The first kappa shape index (κ1) is 16.7. The van der Waals surface area contributed by atoms with E-state index in [0.29, 0.717) is 39.1 Å². The third kappa shape index (κ3) is 3.52. The van der Waals surface area contributed by atoms with Gasteiger partial charge >= 0.3 is 0 Å². The Hall–Kier alpha value is -2.11. The molecule has 1 saturated heterocycles. The summed E-state index contributed by atoms with van der Waals surface area (Å²) >= 11 is 0. The second kappa shape index (κ2) is 7.20. The van der Waals surface area contributed by atoms with Crippen molar-refractivity contribution in [2.75, 3.05) is 26.9 Å². The summed E-state index contributed by atoms with van der Waals surface area (Å²) in [6.07, 6.45) is 1.37. The summed E-state index contributed by atoms with van der Waals surface area (Å²) in [7, 11) is 1.67. The van der Waals surface area contributed by atoms with Crippen molar-refractivity contribution >= 4 is 16.7 Å². The van der Waals surface area contributed by atoms with Crippen LogP contribution in [0.3, 0.4) is 0 Å². The second-order valence-electron chi connectivity index (χ2n) is 6.41. The molecule has 3 rings (SSSR count). The summed E-state index contributed by atoms with van der Waals surface area (Å²) in [5.41, 5.74) is 6.33. The Balaban J connectivity index is 1.65. The van der Waals surface area contributed by atoms with Gasteiger partial charge in [0.05, 0.1) is 12.5 Å². The largest absolute Gasteiger partial charge is 0.497 e. The first-order valence-electron chi connectivity index (χ1n) is 8.28. The minimum atomic E-state index is -0.484. The van der Waals surface area contributed by atoms with E-state index < -0.39 is 5.41 Å². The molecule has 0 radical (unpaired) electrons. The van der Waals surface area contributed by atoms with E-state index in [2.05, 4.69) is 29.6 Å². The summed E-state index contributed by atoms with van der Waals surface area (Å²) < 4.78 is 10.6. The zero-order valence-corrected chi connectivity index (χ0v) is 14.0. The number of primary amides is 1. The molecule has 0 atom stereocenters. The Labute approximate surface area is 142 Å². The van der Waals surface area contributed by atoms with Gasteiger partial charge in [-0.1, -0.05) is 18.2 Å². The molecule has 0 spiro atoms. The Morgan fingerprint density at radius 2 is 1.92 bits per heavy atom. The van der Waals surface area contributed by atoms with Crippen LogP contribution in [-0.2, 0) is 16.1 Å². The molecule has 0 saturated carbocycles. The highest BCUT2D eigenvalue weighted by atomic mass is 16.5. The molecule has 5 heteroatoms. The van der Waals surface area contributed by atoms with Crippen LogP contribution >= 0.6 is 0 Å². The number of fused-ring (bicyclic) bond motifs is 1. The van der Waals surface area contributed by atoms with Gasteiger partial charge in [-0.15, -0.1) is 0 Å². The minimum Gasteiger partial charge on any atom is -0.497 e. The maximum Gasteiger partial charge on any atom is 0.225 e. The average molecular weight is 328 g/mol. The van der Waals surface area contributed by atoms with E-state index in [1.165, 1.54) is 10.9 Å². The number of nitrogens with two attached hydrogens (primary N) is 1. The monoisotopic (exact) mass is 328 g/mol. The molecule has 1 heterocycles. The molecule has 128 valence electrons. The van der Waals surface area contributed by atoms with Gasteiger partial charge in [0, 0.05) is 26.3 Å². The SMILES string of the molecule is COc1ccc2cc(CNCC3(C(N)=O)CCOCC3)ccc2c1. The third-order valence-corrected chi connectivity index (χ3v) is 4.88. The number of carbonyl (C=O) groups is 1. The van der Waals surface area contributed by atoms with E-state index >= 15 is 0 Å². The van der Waals surface area contributed by atoms with E-state index in [1.807, 2.05) is 12.1 Å². The molecule has 0 unspecified atom stereocenters. The lowest BCUT2D eigenvalue weighted by molar-refractivity contribution is -0.132. The molecular formula is C19H24N2O3. The predicted octanol–water partition coefficient (Wildman–Crippen LogP) is 2.22. The average Bonchev–Trinajstić information content (AvgIpc) is 2.62. The lowest BCUT2D eigenvalue weighted by atomic mass is 9.79. The number of benzene rings is 2. The molecule has 2 aromatic rings. The molecular weight excluding hydrogens is 304 g/mol. The fourth-order valence-electron chi connectivity index (χ4n) is 3.23. The van der Waals surface area contributed by atoms with Crippen LogP contribution in [0, 0.1) is 5.41 Å². The third-order valence-electron chi connectivity index (χ3n) is 4.88. The summed E-state index contributed by atoms with van der Waals surface area (Å²) in [6, 6.07) is 12.4. The van der Waals surface area contributed by atoms with Crippen molar-refractivity contribution in [1.82, 2.24) is 5.32 Å². The normalized spacial score (nSPS) is 16.9. The number of nitrogens with one attached hydrogen (secondary N) is 1. The Morgan fingerprint density at radius 3 is 2.62 bits per heavy atom. The second-order valence-corrected chi connectivity index (χ2v) is 6.41. The molecule has 2 aromatic carbocycles. The number of ether oxygens (including phenoxy) is 2. The van der Waals surface area contributed by atoms with Crippen molar-refractivity contribution in [3.05, 3.63) is 42.0 Å². The van der Waals surface area contributed by atoms with Crippen molar-refractivity contribution in [3.63, 3.8) is 0 Å². The minimum absolute atomic E-state index is 0.232. The molecule has 5 nitrogen and oxygen atoms in total. The number of hydrogen-bond donors (Lipinski definition) is 2. The van der Waals surface area contributed by atoms with Gasteiger partial charge in [-0.25, -0.2) is 0 Å². The van der Waals surface area contributed by atoms with Gasteiger partial charge in [-0.2, -0.15) is 0 Å². The van der Waals surface area contributed by atoms with Gasteiger partial charge in [-0.05, 0) is 47.4 Å². The molecule has 0 bridgehead atoms. The van der Waals surface area contributed by atoms with Crippen molar-refractivity contribution in [1.29, 1.82) is 0 Å². The molecule has 1 aliphatic heterocycles. The summed E-state index contributed by atoms with van der Waals surface area (Å²) in [6.45, 7) is 2.50. The van der Waals surface area contributed by atoms with E-state index in [-0.39, 0.29) is 5.91 Å². The summed E-state index contributed by atoms with van der Waals surface area (Å²) in [5.74, 6) is 0.625. The first-order valence-corrected chi connectivity index (χ1v) is 8.28. The summed E-state index contributed by atoms with van der Waals surface area (Å²) in [5, 5.41) is 5.72. The quantitative estimate of drug-likeness (QED) is 0.853. The van der Waals surface area contributed by atoms with Crippen molar-refractivity contribution in [3.8, 4) is 5.75 Å². The van der Waals surface area contributed by atoms with Gasteiger partial charge in [0.2, 0.25) is 5.91 Å². The van der Waals surface area contributed by atoms with Crippen LogP contribution in [0.15, 0.2) is 36.4 Å². The molecule has 0 aromatic heterocycles. The van der Waals surface area contributed by atoms with Crippen LogP contribution in [0.25, 0.3) is 10.8 Å². The predicted molar refractivity (Wildman–Crippen MR) is 93.9 cm³/mol. The Bertz CT molecular complexity index is 724. The smallest absolute Gasteiger partial charge is 0.225 e. The number of hydrogen-bond acceptors (Lipinski definition) is 4. The lowest BCUT2D eigenvalue weighted by Gasteiger charge is -2.34. The zero-order chi connectivity index (χ0) is 17.0. The number of carbonyl (C=O) groups excluding carboxylic acids is 1. The zero-order valence-electron chi connectivity index (χ0n) is 14.0. The lowest BCUT2D eigenvalue weighted by Crippen LogP contribution is -2.48. The van der Waals surface area contributed by atoms with E-state index in [0.717, 1.165) is 11.1 Å². The van der Waals surface area contributed by atoms with Crippen LogP contribution < -0.4 is 15.8 Å². The standard InChI is InChI=1S/C19H24N2O3/c1-23-17-5-4-15-10-14(2-3-16(15)11-17)12-21-13-19(18(20)22)6-8-24-9-7-19/h2-5,10-11,21H,6-9,12-13H2,1H3,(H2,20,22). The van der Waals surface area contributed by atoms with Gasteiger partial charge in [0.15, 0.2) is 0 Å². The van der Waals surface area contributed by atoms with Gasteiger partial charge < -0.3 is 20.5 Å². The molecule has 0 aliphatic carbocycles. The maximum absolute atomic E-state index is 11.9. The first-order chi connectivity index (χ1) is 11.6. The van der Waals surface area contributed by atoms with Crippen LogP contribution in [0.4, 0.5) is 0 Å². The fourth-order valence-corrected chi connectivity index (χ4v) is 3.23. The number of methoxy groups -OCH3 is 1. The van der Waals surface area contributed by atoms with Crippen molar-refractivity contribution < 1.29 is 14.3 Å². The van der Waals surface area contributed by atoms with Crippen molar-refractivity contribution in [2.45, 2.75) is 19.4 Å². The topological polar surface area (TPSA) is 73.6 Å². The van der Waals surface area contributed by atoms with Crippen LogP contribution in [0.1, 0.15) is 18.4 Å². The Morgan fingerprint density at radius 1 is 1.21 bits per heavy atom. The van der Waals surface area contributed by atoms with Crippen LogP contribution in [-0.4, -0.2) is 32.8 Å². The van der Waals surface area contributed by atoms with Crippen LogP contribution in [0.5, 0.6) is 5.75 Å². The highest BCUT2D eigenvalue weighted by Gasteiger charge is 2.37. The highest BCUT2D eigenvalue weighted by Crippen LogP contribution is 2.29. The highest BCUT2D eigenvalue weighted by molar-refractivity contribution is 5.84. The van der Waals surface area contributed by atoms with Crippen LogP contribution in [0.2, 0.25) is 0 Å². The van der Waals surface area contributed by atoms with Gasteiger partial charge in [0.1, 0.15) is 5.75 Å². The van der Waals surface area contributed by atoms with Gasteiger partial charge in [0.25, 0.3) is 0 Å². The molecule has 1 aliphatic rings. The van der Waals surface area contributed by atoms with E-state index in [4.69, 9.17) is 15.2 Å². The van der Waals surface area contributed by atoms with Gasteiger partial charge in [-0.3, -0.25) is 4.79 Å². The van der Waals surface area contributed by atoms with E-state index in [9.17, 15) is 4.79 Å². The molecule has 3 N–H and O–H groups in total. The molecule has 24 heavy (non-hydrogen) atoms. The Kier molecular flexibility index (Phi) is 5.02. The number of rotatable bonds is 6. The molecule has 1 fully saturated rings. The van der Waals surface area contributed by atoms with Crippen molar-refractivity contribution in [2.24, 2.45) is 11.1 Å². The summed E-state index contributed by atoms with van der Waals surface area (Å²) in [4.78, 5) is 11.9. The fraction of sp³-hybridized carbons (Fsp3) is 0.421. The number of amides is 1. The molecule has 1 amide bonds.